The molecular weight excluding hydrogens is 218 g/mol. The second kappa shape index (κ2) is 5.34. The van der Waals surface area contributed by atoms with Gasteiger partial charge in [-0.2, -0.15) is 0 Å². The van der Waals surface area contributed by atoms with Crippen molar-refractivity contribution >= 4 is 5.69 Å². The fourth-order valence-electron chi connectivity index (χ4n) is 3.50. The molecule has 0 amide bonds. The third kappa shape index (κ3) is 2.55. The molecule has 0 N–H and O–H groups in total. The summed E-state index contributed by atoms with van der Waals surface area (Å²) in [6.07, 6.45) is 9.88. The lowest BCUT2D eigenvalue weighted by molar-refractivity contribution is 0.307. The Balaban J connectivity index is 1.71. The van der Waals surface area contributed by atoms with Crippen molar-refractivity contribution in [3.05, 3.63) is 30.3 Å². The molecule has 18 heavy (non-hydrogen) atoms. The SMILES string of the molecule is CCC1CCC(N(c2ccccc2)C2CC2)CC1. The highest BCUT2D eigenvalue weighted by Gasteiger charge is 2.35. The predicted octanol–water partition coefficient (Wildman–Crippen LogP) is 4.62. The van der Waals surface area contributed by atoms with E-state index in [4.69, 9.17) is 0 Å². The monoisotopic (exact) mass is 243 g/mol. The molecule has 3 rings (SSSR count). The van der Waals surface area contributed by atoms with Gasteiger partial charge in [-0.1, -0.05) is 31.5 Å². The van der Waals surface area contributed by atoms with Crippen LogP contribution in [0.2, 0.25) is 0 Å². The van der Waals surface area contributed by atoms with E-state index in [1.807, 2.05) is 0 Å². The Bertz CT molecular complexity index is 360. The van der Waals surface area contributed by atoms with Gasteiger partial charge in [0.15, 0.2) is 0 Å². The molecule has 2 saturated carbocycles. The van der Waals surface area contributed by atoms with Crippen LogP contribution in [0.25, 0.3) is 0 Å². The number of nitrogens with zero attached hydrogens (tertiary/aromatic N) is 1. The van der Waals surface area contributed by atoms with E-state index in [0.717, 1.165) is 18.0 Å². The molecule has 2 aliphatic rings. The minimum absolute atomic E-state index is 0.808. The van der Waals surface area contributed by atoms with E-state index in [0.29, 0.717) is 0 Å². The molecule has 2 aliphatic carbocycles. The Hall–Kier alpha value is -0.980. The minimum Gasteiger partial charge on any atom is -0.366 e. The summed E-state index contributed by atoms with van der Waals surface area (Å²) in [5.41, 5.74) is 1.46. The molecule has 1 heteroatoms. The maximum absolute atomic E-state index is 2.74. The average molecular weight is 243 g/mol. The van der Waals surface area contributed by atoms with Crippen molar-refractivity contribution in [1.29, 1.82) is 0 Å². The van der Waals surface area contributed by atoms with E-state index in [1.54, 1.807) is 0 Å². The number of para-hydroxylation sites is 1. The van der Waals surface area contributed by atoms with Gasteiger partial charge in [0.25, 0.3) is 0 Å². The van der Waals surface area contributed by atoms with Gasteiger partial charge in [-0.25, -0.2) is 0 Å². The van der Waals surface area contributed by atoms with Gasteiger partial charge in [0.05, 0.1) is 0 Å². The Morgan fingerprint density at radius 2 is 1.44 bits per heavy atom. The van der Waals surface area contributed by atoms with Crippen LogP contribution in [0.4, 0.5) is 5.69 Å². The normalized spacial score (nSPS) is 28.1. The van der Waals surface area contributed by atoms with Crippen molar-refractivity contribution in [2.24, 2.45) is 5.92 Å². The molecule has 1 aromatic carbocycles. The van der Waals surface area contributed by atoms with Crippen LogP contribution in [-0.2, 0) is 0 Å². The first-order valence-corrected chi connectivity index (χ1v) is 7.72. The third-order valence-electron chi connectivity index (χ3n) is 4.78. The van der Waals surface area contributed by atoms with E-state index in [9.17, 15) is 0 Å². The number of hydrogen-bond acceptors (Lipinski definition) is 1. The molecule has 2 fully saturated rings. The quantitative estimate of drug-likeness (QED) is 0.745. The largest absolute Gasteiger partial charge is 0.366 e. The smallest absolute Gasteiger partial charge is 0.0371 e. The molecule has 98 valence electrons. The second-order valence-electron chi connectivity index (χ2n) is 6.06. The van der Waals surface area contributed by atoms with Crippen molar-refractivity contribution in [3.8, 4) is 0 Å². The summed E-state index contributed by atoms with van der Waals surface area (Å²) in [5, 5.41) is 0. The lowest BCUT2D eigenvalue weighted by Crippen LogP contribution is -2.39. The fourth-order valence-corrected chi connectivity index (χ4v) is 3.50. The first kappa shape index (κ1) is 12.1. The fraction of sp³-hybridized carbons (Fsp3) is 0.647. The molecule has 0 spiro atoms. The van der Waals surface area contributed by atoms with Crippen LogP contribution in [0.15, 0.2) is 30.3 Å². The number of anilines is 1. The molecule has 0 saturated heterocycles. The number of benzene rings is 1. The molecule has 0 unspecified atom stereocenters. The molecule has 0 bridgehead atoms. The van der Waals surface area contributed by atoms with Crippen LogP contribution in [0.1, 0.15) is 51.9 Å². The van der Waals surface area contributed by atoms with Gasteiger partial charge in [0, 0.05) is 17.8 Å². The van der Waals surface area contributed by atoms with Gasteiger partial charge < -0.3 is 4.90 Å². The Labute approximate surface area is 111 Å². The summed E-state index contributed by atoms with van der Waals surface area (Å²) in [5.74, 6) is 0.998. The van der Waals surface area contributed by atoms with E-state index in [2.05, 4.69) is 42.2 Å². The highest BCUT2D eigenvalue weighted by atomic mass is 15.2. The summed E-state index contributed by atoms with van der Waals surface area (Å²) in [4.78, 5) is 2.74. The van der Waals surface area contributed by atoms with Gasteiger partial charge in [-0.15, -0.1) is 0 Å². The van der Waals surface area contributed by atoms with Crippen molar-refractivity contribution in [2.45, 2.75) is 64.0 Å². The maximum Gasteiger partial charge on any atom is 0.0371 e. The van der Waals surface area contributed by atoms with Crippen molar-refractivity contribution in [2.75, 3.05) is 4.90 Å². The van der Waals surface area contributed by atoms with E-state index >= 15 is 0 Å². The topological polar surface area (TPSA) is 3.24 Å². The number of hydrogen-bond donors (Lipinski definition) is 0. The first-order valence-electron chi connectivity index (χ1n) is 7.72. The van der Waals surface area contributed by atoms with E-state index in [-0.39, 0.29) is 0 Å². The zero-order chi connectivity index (χ0) is 12.4. The van der Waals surface area contributed by atoms with Crippen LogP contribution in [0.5, 0.6) is 0 Å². The Morgan fingerprint density at radius 3 is 1.94 bits per heavy atom. The van der Waals surface area contributed by atoms with Crippen LogP contribution in [0, 0.1) is 5.92 Å². The molecule has 0 aliphatic heterocycles. The molecule has 0 aromatic heterocycles. The van der Waals surface area contributed by atoms with Gasteiger partial charge >= 0.3 is 0 Å². The first-order chi connectivity index (χ1) is 8.88. The van der Waals surface area contributed by atoms with Gasteiger partial charge in [0.1, 0.15) is 0 Å². The third-order valence-corrected chi connectivity index (χ3v) is 4.78. The van der Waals surface area contributed by atoms with Gasteiger partial charge in [-0.3, -0.25) is 0 Å². The standard InChI is InChI=1S/C17H25N/c1-2-14-8-10-16(11-9-14)18(17-12-13-17)15-6-4-3-5-7-15/h3-7,14,16-17H,2,8-13H2,1H3. The van der Waals surface area contributed by atoms with Gasteiger partial charge in [0.2, 0.25) is 0 Å². The summed E-state index contributed by atoms with van der Waals surface area (Å²) in [6, 6.07) is 12.7. The lowest BCUT2D eigenvalue weighted by Gasteiger charge is -2.38. The van der Waals surface area contributed by atoms with Crippen LogP contribution < -0.4 is 4.90 Å². The second-order valence-corrected chi connectivity index (χ2v) is 6.06. The zero-order valence-electron chi connectivity index (χ0n) is 11.5. The Morgan fingerprint density at radius 1 is 0.889 bits per heavy atom. The van der Waals surface area contributed by atoms with Crippen LogP contribution in [0.3, 0.4) is 0 Å². The van der Waals surface area contributed by atoms with Crippen LogP contribution in [-0.4, -0.2) is 12.1 Å². The van der Waals surface area contributed by atoms with Crippen molar-refractivity contribution in [1.82, 2.24) is 0 Å². The van der Waals surface area contributed by atoms with Crippen molar-refractivity contribution < 1.29 is 0 Å². The Kier molecular flexibility index (Phi) is 3.58. The predicted molar refractivity (Wildman–Crippen MR) is 78.0 cm³/mol. The molecule has 0 heterocycles. The van der Waals surface area contributed by atoms with E-state index in [1.165, 1.54) is 50.6 Å². The van der Waals surface area contributed by atoms with Gasteiger partial charge in [-0.05, 0) is 56.6 Å². The minimum atomic E-state index is 0.808. The zero-order valence-corrected chi connectivity index (χ0v) is 11.5. The summed E-state index contributed by atoms with van der Waals surface area (Å²) in [7, 11) is 0. The average Bonchev–Trinajstić information content (AvgIpc) is 3.26. The highest BCUT2D eigenvalue weighted by molar-refractivity contribution is 5.49. The highest BCUT2D eigenvalue weighted by Crippen LogP contribution is 2.39. The molecule has 1 nitrogen and oxygen atoms in total. The summed E-state index contributed by atoms with van der Waals surface area (Å²) < 4.78 is 0. The summed E-state index contributed by atoms with van der Waals surface area (Å²) in [6.45, 7) is 2.35. The maximum atomic E-state index is 2.74. The molecule has 0 radical (unpaired) electrons. The lowest BCUT2D eigenvalue weighted by atomic mass is 9.83. The van der Waals surface area contributed by atoms with Crippen LogP contribution >= 0.6 is 0 Å². The summed E-state index contributed by atoms with van der Waals surface area (Å²) >= 11 is 0. The molecule has 0 atom stereocenters. The van der Waals surface area contributed by atoms with E-state index < -0.39 is 0 Å². The molecular formula is C17H25N. The number of rotatable bonds is 4. The molecule has 1 aromatic rings. The van der Waals surface area contributed by atoms with Crippen molar-refractivity contribution in [3.63, 3.8) is 0 Å².